The van der Waals surface area contributed by atoms with Crippen LogP contribution in [0.4, 0.5) is 11.6 Å². The van der Waals surface area contributed by atoms with E-state index in [1.54, 1.807) is 12.4 Å². The van der Waals surface area contributed by atoms with Gasteiger partial charge < -0.3 is 10.6 Å². The van der Waals surface area contributed by atoms with Crippen LogP contribution in [-0.2, 0) is 13.0 Å². The number of nitrogens with one attached hydrogen (secondary N) is 2. The molecule has 2 saturated heterocycles. The van der Waals surface area contributed by atoms with Gasteiger partial charge in [-0.15, -0.1) is 0 Å². The molecule has 2 N–H and O–H groups in total. The molecule has 4 aromatic rings. The Morgan fingerprint density at radius 2 is 1.71 bits per heavy atom. The molecule has 2 fully saturated rings. The van der Waals surface area contributed by atoms with E-state index >= 15 is 0 Å². The van der Waals surface area contributed by atoms with Gasteiger partial charge in [0.05, 0.1) is 0 Å². The Hall–Kier alpha value is -3.75. The van der Waals surface area contributed by atoms with E-state index in [1.165, 1.54) is 17.5 Å². The predicted molar refractivity (Wildman–Crippen MR) is 135 cm³/mol. The van der Waals surface area contributed by atoms with Gasteiger partial charge in [0.25, 0.3) is 0 Å². The highest BCUT2D eigenvalue weighted by atomic mass is 15.3. The maximum Gasteiger partial charge on any atom is 0.180 e. The lowest BCUT2D eigenvalue weighted by Crippen LogP contribution is -2.42. The second kappa shape index (κ2) is 9.48. The average Bonchev–Trinajstić information content (AvgIpc) is 3.49. The highest BCUT2D eigenvalue weighted by Gasteiger charge is 2.37. The Balaban J connectivity index is 1.11. The molecule has 8 heteroatoms. The first-order valence-electron chi connectivity index (χ1n) is 12.1. The maximum atomic E-state index is 4.70. The van der Waals surface area contributed by atoms with Gasteiger partial charge in [0.1, 0.15) is 23.2 Å². The molecule has 0 unspecified atom stereocenters. The number of benzene rings is 1. The molecule has 2 atom stereocenters. The van der Waals surface area contributed by atoms with Gasteiger partial charge in [-0.1, -0.05) is 30.3 Å². The highest BCUT2D eigenvalue weighted by molar-refractivity contribution is 5.56. The first-order chi connectivity index (χ1) is 17.2. The molecular formula is C27H28N8. The molecule has 6 rings (SSSR count). The molecule has 8 nitrogen and oxygen atoms in total. The number of fused-ring (bicyclic) bond motifs is 2. The van der Waals surface area contributed by atoms with Crippen LogP contribution in [0, 0.1) is 6.92 Å². The predicted octanol–water partition coefficient (Wildman–Crippen LogP) is 3.52. The summed E-state index contributed by atoms with van der Waals surface area (Å²) >= 11 is 0. The molecule has 0 spiro atoms. The number of aromatic nitrogens is 5. The van der Waals surface area contributed by atoms with Crippen LogP contribution in [0.2, 0.25) is 0 Å². The molecule has 0 saturated carbocycles. The van der Waals surface area contributed by atoms with Gasteiger partial charge in [-0.05, 0) is 48.7 Å². The van der Waals surface area contributed by atoms with Crippen LogP contribution in [0.15, 0.2) is 67.0 Å². The molecule has 2 bridgehead atoms. The van der Waals surface area contributed by atoms with E-state index in [0.29, 0.717) is 36.0 Å². The number of rotatable bonds is 7. The van der Waals surface area contributed by atoms with E-state index in [1.807, 2.05) is 37.3 Å². The zero-order chi connectivity index (χ0) is 23.6. The summed E-state index contributed by atoms with van der Waals surface area (Å²) in [5, 5.41) is 6.85. The van der Waals surface area contributed by atoms with E-state index < -0.39 is 0 Å². The Bertz CT molecular complexity index is 1320. The molecule has 3 aromatic heterocycles. The molecule has 2 aliphatic heterocycles. The number of anilines is 2. The fraction of sp³-hybridized carbons (Fsp3) is 0.296. The molecule has 1 aromatic carbocycles. The van der Waals surface area contributed by atoms with Crippen molar-refractivity contribution in [1.29, 1.82) is 0 Å². The normalized spacial score (nSPS) is 19.2. The van der Waals surface area contributed by atoms with Crippen LogP contribution < -0.4 is 10.6 Å². The Morgan fingerprint density at radius 3 is 2.49 bits per heavy atom. The number of aryl methyl sites for hydroxylation is 1. The summed E-state index contributed by atoms with van der Waals surface area (Å²) in [6.45, 7) is 5.27. The van der Waals surface area contributed by atoms with E-state index in [-0.39, 0.29) is 0 Å². The van der Waals surface area contributed by atoms with Crippen LogP contribution in [0.1, 0.15) is 29.1 Å². The van der Waals surface area contributed by atoms with Crippen molar-refractivity contribution in [3.05, 3.63) is 89.6 Å². The van der Waals surface area contributed by atoms with Gasteiger partial charge in [-0.25, -0.2) is 24.9 Å². The number of hydrogen-bond donors (Lipinski definition) is 2. The second-order valence-corrected chi connectivity index (χ2v) is 9.33. The van der Waals surface area contributed by atoms with Crippen LogP contribution >= 0.6 is 0 Å². The van der Waals surface area contributed by atoms with Crippen molar-refractivity contribution in [2.75, 3.05) is 18.4 Å². The summed E-state index contributed by atoms with van der Waals surface area (Å²) in [5.41, 5.74) is 4.23. The van der Waals surface area contributed by atoms with Crippen molar-refractivity contribution in [2.24, 2.45) is 0 Å². The first kappa shape index (κ1) is 21.8. The lowest BCUT2D eigenvalue weighted by atomic mass is 10.1. The number of pyridine rings is 1. The van der Waals surface area contributed by atoms with Crippen LogP contribution in [-0.4, -0.2) is 55.0 Å². The SMILES string of the molecule is Cc1cccc(-c2nccc(Nc3ccnc(Cc4ccc(CN5C[C@H]6C[C@@H]5CN6)cc4)n3)n2)n1. The summed E-state index contributed by atoms with van der Waals surface area (Å²) in [7, 11) is 0. The number of hydrogen-bond acceptors (Lipinski definition) is 8. The second-order valence-electron chi connectivity index (χ2n) is 9.33. The van der Waals surface area contributed by atoms with Gasteiger partial charge >= 0.3 is 0 Å². The third kappa shape index (κ3) is 5.03. The molecule has 2 aliphatic rings. The van der Waals surface area contributed by atoms with Crippen molar-refractivity contribution in [3.63, 3.8) is 0 Å². The van der Waals surface area contributed by atoms with Crippen molar-refractivity contribution >= 4 is 11.6 Å². The minimum atomic E-state index is 0.575. The van der Waals surface area contributed by atoms with Crippen molar-refractivity contribution in [1.82, 2.24) is 35.1 Å². The summed E-state index contributed by atoms with van der Waals surface area (Å²) in [4.78, 5) is 25.3. The summed E-state index contributed by atoms with van der Waals surface area (Å²) in [5.74, 6) is 2.70. The van der Waals surface area contributed by atoms with Crippen molar-refractivity contribution in [3.8, 4) is 11.5 Å². The first-order valence-corrected chi connectivity index (χ1v) is 12.1. The lowest BCUT2D eigenvalue weighted by molar-refractivity contribution is 0.218. The largest absolute Gasteiger partial charge is 0.325 e. The Morgan fingerprint density at radius 1 is 0.914 bits per heavy atom. The molecular weight excluding hydrogens is 436 g/mol. The van der Waals surface area contributed by atoms with Crippen LogP contribution in [0.5, 0.6) is 0 Å². The average molecular weight is 465 g/mol. The topological polar surface area (TPSA) is 91.8 Å². The van der Waals surface area contributed by atoms with Crippen molar-refractivity contribution in [2.45, 2.75) is 38.4 Å². The quantitative estimate of drug-likeness (QED) is 0.429. The minimum absolute atomic E-state index is 0.575. The summed E-state index contributed by atoms with van der Waals surface area (Å²) in [6.07, 6.45) is 5.47. The van der Waals surface area contributed by atoms with Gasteiger partial charge in [0, 0.05) is 56.2 Å². The Labute approximate surface area is 204 Å². The lowest BCUT2D eigenvalue weighted by Gasteiger charge is -2.27. The Kier molecular flexibility index (Phi) is 5.89. The van der Waals surface area contributed by atoms with Crippen molar-refractivity contribution < 1.29 is 0 Å². The smallest absolute Gasteiger partial charge is 0.180 e. The van der Waals surface area contributed by atoms with E-state index in [2.05, 4.69) is 59.7 Å². The van der Waals surface area contributed by atoms with Crippen LogP contribution in [0.3, 0.4) is 0 Å². The summed E-state index contributed by atoms with van der Waals surface area (Å²) in [6, 6.07) is 19.7. The fourth-order valence-electron chi connectivity index (χ4n) is 4.92. The number of nitrogens with zero attached hydrogens (tertiary/aromatic N) is 6. The third-order valence-corrected chi connectivity index (χ3v) is 6.68. The standard InChI is InChI=1S/C27H28N8/c1-18-3-2-4-23(31-18)27-29-12-10-25(34-27)32-24-9-11-28-26(33-24)13-19-5-7-20(8-6-19)16-35-17-21-14-22(35)15-30-21/h2-12,21-22,30H,13-17H2,1H3,(H,28,29,32,33,34)/t21-,22-/m1/s1. The van der Waals surface area contributed by atoms with E-state index in [9.17, 15) is 0 Å². The zero-order valence-corrected chi connectivity index (χ0v) is 19.7. The van der Waals surface area contributed by atoms with Gasteiger partial charge in [0.2, 0.25) is 0 Å². The molecule has 0 aliphatic carbocycles. The molecule has 0 radical (unpaired) electrons. The molecule has 35 heavy (non-hydrogen) atoms. The van der Waals surface area contributed by atoms with Gasteiger partial charge in [0.15, 0.2) is 5.82 Å². The molecule has 0 amide bonds. The highest BCUT2D eigenvalue weighted by Crippen LogP contribution is 2.25. The minimum Gasteiger partial charge on any atom is -0.325 e. The third-order valence-electron chi connectivity index (χ3n) is 6.68. The molecule has 5 heterocycles. The van der Waals surface area contributed by atoms with Gasteiger partial charge in [-0.3, -0.25) is 4.90 Å². The van der Waals surface area contributed by atoms with Crippen LogP contribution in [0.25, 0.3) is 11.5 Å². The van der Waals surface area contributed by atoms with Gasteiger partial charge in [-0.2, -0.15) is 0 Å². The summed E-state index contributed by atoms with van der Waals surface area (Å²) < 4.78 is 0. The zero-order valence-electron chi connectivity index (χ0n) is 19.7. The number of piperazine rings is 1. The van der Waals surface area contributed by atoms with E-state index in [0.717, 1.165) is 36.8 Å². The maximum absolute atomic E-state index is 4.70. The monoisotopic (exact) mass is 464 g/mol. The number of likely N-dealkylation sites (tertiary alicyclic amines) is 1. The van der Waals surface area contributed by atoms with E-state index in [4.69, 9.17) is 4.98 Å². The fourth-order valence-corrected chi connectivity index (χ4v) is 4.92. The molecule has 176 valence electrons.